The lowest BCUT2D eigenvalue weighted by Gasteiger charge is -2.43. The van der Waals surface area contributed by atoms with Gasteiger partial charge in [-0.25, -0.2) is 9.13 Å². The van der Waals surface area contributed by atoms with Gasteiger partial charge in [-0.2, -0.15) is 0 Å². The van der Waals surface area contributed by atoms with Crippen molar-refractivity contribution in [3.05, 3.63) is 24.3 Å². The standard InChI is InChI=1S/C45H84O16P2/c1-3-5-7-9-11-13-15-17-19-21-23-25-27-29-31-33-38(46)57-35-37(59-39(47)34-32-30-28-26-24-22-20-18-16-14-12-10-8-6-4-2)36-58-63(55,56)61-45-42(50)40(48)41(49)44(43(45)51)60-62(52,53)54/h14,16-17,19,37,40-45,48-51H,3-13,15,18,20-36H2,1-2H3,(H,55,56)(H2,52,53,54). The second kappa shape index (κ2) is 36.6. The van der Waals surface area contributed by atoms with Gasteiger partial charge >= 0.3 is 27.6 Å². The van der Waals surface area contributed by atoms with Crippen molar-refractivity contribution in [3.63, 3.8) is 0 Å². The summed E-state index contributed by atoms with van der Waals surface area (Å²) in [6.07, 6.45) is 22.8. The summed E-state index contributed by atoms with van der Waals surface area (Å²) in [5, 5.41) is 41.2. The molecule has 8 unspecified atom stereocenters. The van der Waals surface area contributed by atoms with Gasteiger partial charge in [-0.15, -0.1) is 0 Å². The summed E-state index contributed by atoms with van der Waals surface area (Å²) in [6, 6.07) is 0. The maximum absolute atomic E-state index is 13.0. The molecule has 0 heterocycles. The first kappa shape index (κ1) is 59.5. The van der Waals surface area contributed by atoms with Gasteiger partial charge in [-0.05, 0) is 64.2 Å². The smallest absolute Gasteiger partial charge is 0.462 e. The third-order valence-corrected chi connectivity index (χ3v) is 12.5. The molecule has 0 aromatic carbocycles. The van der Waals surface area contributed by atoms with Crippen LogP contribution in [0.25, 0.3) is 0 Å². The van der Waals surface area contributed by atoms with E-state index < -0.39 is 83.5 Å². The molecule has 1 fully saturated rings. The van der Waals surface area contributed by atoms with Crippen LogP contribution < -0.4 is 0 Å². The van der Waals surface area contributed by atoms with E-state index in [-0.39, 0.29) is 12.8 Å². The predicted molar refractivity (Wildman–Crippen MR) is 241 cm³/mol. The molecule has 1 aliphatic rings. The molecule has 370 valence electrons. The molecule has 0 aromatic rings. The van der Waals surface area contributed by atoms with Crippen molar-refractivity contribution in [2.45, 2.75) is 236 Å². The SMILES string of the molecule is CCCCCCC=CCCCCCCCCCC(=O)OC(COC(=O)CCCCCCCC=CCCCCCCCC)COP(=O)(O)OC1C(O)C(O)C(O)C(OP(=O)(O)O)C1O. The van der Waals surface area contributed by atoms with E-state index in [2.05, 4.69) is 42.7 Å². The van der Waals surface area contributed by atoms with Crippen molar-refractivity contribution in [2.75, 3.05) is 13.2 Å². The topological polar surface area (TPSA) is 256 Å². The molecule has 0 spiro atoms. The summed E-state index contributed by atoms with van der Waals surface area (Å²) < 4.78 is 49.4. The second-order valence-electron chi connectivity index (χ2n) is 16.8. The Morgan fingerprint density at radius 3 is 1.32 bits per heavy atom. The Bertz CT molecular complexity index is 1330. The van der Waals surface area contributed by atoms with Gasteiger partial charge in [-0.1, -0.05) is 141 Å². The number of carbonyl (C=O) groups is 2. The van der Waals surface area contributed by atoms with Gasteiger partial charge in [0.15, 0.2) is 6.10 Å². The van der Waals surface area contributed by atoms with Gasteiger partial charge in [-0.3, -0.25) is 23.2 Å². The molecule has 1 rings (SSSR count). The van der Waals surface area contributed by atoms with Crippen LogP contribution in [0, 0.1) is 0 Å². The van der Waals surface area contributed by atoms with E-state index in [0.717, 1.165) is 89.9 Å². The lowest BCUT2D eigenvalue weighted by molar-refractivity contribution is -0.216. The fraction of sp³-hybridized carbons (Fsp3) is 0.867. The van der Waals surface area contributed by atoms with E-state index in [1.54, 1.807) is 0 Å². The Balaban J connectivity index is 2.60. The van der Waals surface area contributed by atoms with Crippen LogP contribution in [-0.4, -0.2) is 103 Å². The number of hydrogen-bond donors (Lipinski definition) is 7. The molecular formula is C45H84O16P2. The van der Waals surface area contributed by atoms with Gasteiger partial charge in [0.2, 0.25) is 0 Å². The summed E-state index contributed by atoms with van der Waals surface area (Å²) in [6.45, 7) is 3.09. The van der Waals surface area contributed by atoms with Gasteiger partial charge in [0.1, 0.15) is 43.2 Å². The van der Waals surface area contributed by atoms with E-state index in [9.17, 15) is 44.0 Å². The van der Waals surface area contributed by atoms with Gasteiger partial charge in [0.05, 0.1) is 6.61 Å². The molecule has 1 saturated carbocycles. The van der Waals surface area contributed by atoms with Crippen LogP contribution in [0.15, 0.2) is 24.3 Å². The Kier molecular flexibility index (Phi) is 34.5. The number of unbranched alkanes of at least 4 members (excludes halogenated alkanes) is 22. The van der Waals surface area contributed by atoms with Gasteiger partial charge in [0.25, 0.3) is 0 Å². The lowest BCUT2D eigenvalue weighted by atomic mass is 9.85. The maximum atomic E-state index is 13.0. The number of phosphoric ester groups is 2. The highest BCUT2D eigenvalue weighted by Gasteiger charge is 2.54. The summed E-state index contributed by atoms with van der Waals surface area (Å²) in [7, 11) is -10.7. The molecular weight excluding hydrogens is 858 g/mol. The Labute approximate surface area is 377 Å². The zero-order valence-electron chi connectivity index (χ0n) is 38.3. The van der Waals surface area contributed by atoms with Crippen molar-refractivity contribution in [1.29, 1.82) is 0 Å². The summed E-state index contributed by atoms with van der Waals surface area (Å²) in [5.41, 5.74) is 0. The lowest BCUT2D eigenvalue weighted by Crippen LogP contribution is -2.64. The molecule has 0 bridgehead atoms. The minimum Gasteiger partial charge on any atom is -0.462 e. The first-order valence-corrected chi connectivity index (χ1v) is 26.9. The molecule has 18 heteroatoms. The van der Waals surface area contributed by atoms with E-state index in [0.29, 0.717) is 12.8 Å². The largest absolute Gasteiger partial charge is 0.472 e. The van der Waals surface area contributed by atoms with Crippen LogP contribution in [-0.2, 0) is 41.8 Å². The number of esters is 2. The van der Waals surface area contributed by atoms with Crippen LogP contribution in [0.1, 0.15) is 194 Å². The van der Waals surface area contributed by atoms with E-state index in [4.69, 9.17) is 28.3 Å². The third-order valence-electron chi connectivity index (χ3n) is 11.0. The van der Waals surface area contributed by atoms with Crippen LogP contribution in [0.2, 0.25) is 0 Å². The molecule has 0 radical (unpaired) electrons. The van der Waals surface area contributed by atoms with Crippen LogP contribution in [0.4, 0.5) is 0 Å². The predicted octanol–water partition coefficient (Wildman–Crippen LogP) is 8.95. The molecule has 8 atom stereocenters. The van der Waals surface area contributed by atoms with Crippen LogP contribution in [0.5, 0.6) is 0 Å². The number of allylic oxidation sites excluding steroid dienone is 4. The monoisotopic (exact) mass is 943 g/mol. The first-order chi connectivity index (χ1) is 30.1. The minimum atomic E-state index is -5.36. The van der Waals surface area contributed by atoms with Crippen molar-refractivity contribution in [3.8, 4) is 0 Å². The van der Waals surface area contributed by atoms with Gasteiger partial charge < -0.3 is 44.6 Å². The van der Waals surface area contributed by atoms with Crippen molar-refractivity contribution >= 4 is 27.6 Å². The van der Waals surface area contributed by atoms with Crippen molar-refractivity contribution in [2.24, 2.45) is 0 Å². The van der Waals surface area contributed by atoms with Gasteiger partial charge in [0, 0.05) is 12.8 Å². The Hall–Kier alpha value is -1.52. The Morgan fingerprint density at radius 2 is 0.873 bits per heavy atom. The normalized spacial score (nSPS) is 22.1. The number of phosphoric acid groups is 2. The first-order valence-electron chi connectivity index (χ1n) is 23.9. The van der Waals surface area contributed by atoms with Crippen LogP contribution in [0.3, 0.4) is 0 Å². The second-order valence-corrected chi connectivity index (χ2v) is 19.4. The van der Waals surface area contributed by atoms with E-state index in [1.807, 2.05) is 0 Å². The molecule has 63 heavy (non-hydrogen) atoms. The number of aliphatic hydroxyl groups is 4. The maximum Gasteiger partial charge on any atom is 0.472 e. The summed E-state index contributed by atoms with van der Waals surface area (Å²) in [5.74, 6) is -1.22. The molecule has 0 aliphatic heterocycles. The van der Waals surface area contributed by atoms with E-state index in [1.165, 1.54) is 64.2 Å². The average Bonchev–Trinajstić information content (AvgIpc) is 3.23. The average molecular weight is 943 g/mol. The quantitative estimate of drug-likeness (QED) is 0.0131. The molecule has 0 aromatic heterocycles. The molecule has 0 amide bonds. The highest BCUT2D eigenvalue weighted by Crippen LogP contribution is 2.49. The summed E-state index contributed by atoms with van der Waals surface area (Å²) in [4.78, 5) is 54.2. The zero-order chi connectivity index (χ0) is 46.8. The molecule has 7 N–H and O–H groups in total. The third kappa shape index (κ3) is 31.2. The van der Waals surface area contributed by atoms with E-state index >= 15 is 0 Å². The van der Waals surface area contributed by atoms with Crippen LogP contribution >= 0.6 is 15.6 Å². The fourth-order valence-corrected chi connectivity index (χ4v) is 8.79. The highest BCUT2D eigenvalue weighted by molar-refractivity contribution is 7.47. The van der Waals surface area contributed by atoms with Crippen molar-refractivity contribution in [1.82, 2.24) is 0 Å². The summed E-state index contributed by atoms with van der Waals surface area (Å²) >= 11 is 0. The van der Waals surface area contributed by atoms with Crippen molar-refractivity contribution < 1.29 is 76.9 Å². The molecule has 1 aliphatic carbocycles. The Morgan fingerprint density at radius 1 is 0.492 bits per heavy atom. The number of aliphatic hydroxyl groups excluding tert-OH is 4. The number of rotatable bonds is 40. The zero-order valence-corrected chi connectivity index (χ0v) is 40.1. The molecule has 16 nitrogen and oxygen atoms in total. The highest BCUT2D eigenvalue weighted by atomic mass is 31.2. The number of carbonyl (C=O) groups excluding carboxylic acids is 2. The minimum absolute atomic E-state index is 0.0390. The fourth-order valence-electron chi connectivity index (χ4n) is 7.25. The number of ether oxygens (including phenoxy) is 2. The number of hydrogen-bond acceptors (Lipinski definition) is 13. The molecule has 0 saturated heterocycles.